The van der Waals surface area contributed by atoms with Crippen molar-refractivity contribution in [3.63, 3.8) is 0 Å². The average molecular weight is 524 g/mol. The number of benzene rings is 3. The first-order valence-electron chi connectivity index (χ1n) is 12.8. The second-order valence-corrected chi connectivity index (χ2v) is 10.3. The molecule has 39 heavy (non-hydrogen) atoms. The number of nitrogens with zero attached hydrogens (tertiary/aromatic N) is 2. The smallest absolute Gasteiger partial charge is 0.408 e. The number of ether oxygens (including phenoxy) is 1. The van der Waals surface area contributed by atoms with Crippen LogP contribution in [0.15, 0.2) is 91.0 Å². The largest absolute Gasteiger partial charge is 0.488 e. The Balaban J connectivity index is 1.85. The first-order valence-corrected chi connectivity index (χ1v) is 12.8. The van der Waals surface area contributed by atoms with Gasteiger partial charge >= 0.3 is 6.09 Å². The summed E-state index contributed by atoms with van der Waals surface area (Å²) in [6.45, 7) is 5.85. The van der Waals surface area contributed by atoms with E-state index in [1.807, 2.05) is 106 Å². The number of aldehydes is 1. The fourth-order valence-electron chi connectivity index (χ4n) is 4.74. The molecule has 0 aliphatic rings. The van der Waals surface area contributed by atoms with Crippen molar-refractivity contribution >= 4 is 18.2 Å². The van der Waals surface area contributed by atoms with Crippen molar-refractivity contribution in [2.24, 2.45) is 0 Å². The third kappa shape index (κ3) is 6.44. The zero-order chi connectivity index (χ0) is 28.0. The van der Waals surface area contributed by atoms with Crippen LogP contribution in [0.5, 0.6) is 5.75 Å². The number of hydrogen-bond acceptors (Lipinski definition) is 5. The van der Waals surface area contributed by atoms with E-state index in [9.17, 15) is 14.7 Å². The molecule has 1 atom stereocenters. The Bertz CT molecular complexity index is 1430. The average Bonchev–Trinajstić information content (AvgIpc) is 2.91. The molecule has 4 rings (SSSR count). The van der Waals surface area contributed by atoms with E-state index >= 15 is 0 Å². The summed E-state index contributed by atoms with van der Waals surface area (Å²) >= 11 is 0. The van der Waals surface area contributed by atoms with Crippen molar-refractivity contribution in [1.82, 2.24) is 9.88 Å². The summed E-state index contributed by atoms with van der Waals surface area (Å²) in [6.07, 6.45) is -0.0935. The molecule has 1 aromatic heterocycles. The fourth-order valence-corrected chi connectivity index (χ4v) is 4.74. The summed E-state index contributed by atoms with van der Waals surface area (Å²) in [7, 11) is 0. The Morgan fingerprint density at radius 3 is 2.15 bits per heavy atom. The molecule has 0 radical (unpaired) electrons. The third-order valence-corrected chi connectivity index (χ3v) is 6.51. The normalized spacial score (nSPS) is 12.0. The highest BCUT2D eigenvalue weighted by Crippen LogP contribution is 2.38. The second-order valence-electron chi connectivity index (χ2n) is 10.3. The van der Waals surface area contributed by atoms with Crippen LogP contribution in [0.4, 0.5) is 10.6 Å². The first-order chi connectivity index (χ1) is 18.7. The number of hydrogen-bond donors (Lipinski definition) is 2. The van der Waals surface area contributed by atoms with Crippen LogP contribution < -0.4 is 10.5 Å². The van der Waals surface area contributed by atoms with Gasteiger partial charge in [0.05, 0.1) is 17.3 Å². The van der Waals surface area contributed by atoms with Crippen molar-refractivity contribution < 1.29 is 19.4 Å². The predicted molar refractivity (Wildman–Crippen MR) is 153 cm³/mol. The molecule has 4 aromatic rings. The molecule has 3 aromatic carbocycles. The van der Waals surface area contributed by atoms with Crippen LogP contribution in [-0.4, -0.2) is 32.9 Å². The Morgan fingerprint density at radius 2 is 1.56 bits per heavy atom. The standard InChI is InChI=1S/C32H33N3O4/c1-32(2,3)35(31(37)38)28(18-22-12-6-4-7-13-22)25-19-27(34-30(33)26(25)20-36)24-16-10-11-17-29(24)39-21-23-14-8-5-9-15-23/h4-17,19-20,28H,18,21H2,1-3H3,(H2,33,34)(H,37,38). The van der Waals surface area contributed by atoms with Crippen LogP contribution in [0.3, 0.4) is 0 Å². The van der Waals surface area contributed by atoms with Crippen LogP contribution in [0, 0.1) is 0 Å². The molecule has 0 bridgehead atoms. The minimum atomic E-state index is -1.09. The lowest BCUT2D eigenvalue weighted by Crippen LogP contribution is -2.48. The zero-order valence-electron chi connectivity index (χ0n) is 22.4. The summed E-state index contributed by atoms with van der Waals surface area (Å²) in [6, 6.07) is 27.9. The van der Waals surface area contributed by atoms with Gasteiger partial charge in [-0.15, -0.1) is 0 Å². The molecular formula is C32H33N3O4. The quantitative estimate of drug-likeness (QED) is 0.234. The Kier molecular flexibility index (Phi) is 8.30. The molecule has 1 amide bonds. The summed E-state index contributed by atoms with van der Waals surface area (Å²) < 4.78 is 6.16. The number of carbonyl (C=O) groups is 2. The second kappa shape index (κ2) is 11.8. The molecule has 0 saturated heterocycles. The van der Waals surface area contributed by atoms with Crippen LogP contribution in [0.2, 0.25) is 0 Å². The maximum absolute atomic E-state index is 12.6. The van der Waals surface area contributed by atoms with Crippen LogP contribution in [0.25, 0.3) is 11.3 Å². The molecule has 7 heteroatoms. The van der Waals surface area contributed by atoms with Gasteiger partial charge in [-0.25, -0.2) is 9.78 Å². The number of pyridine rings is 1. The zero-order valence-corrected chi connectivity index (χ0v) is 22.4. The van der Waals surface area contributed by atoms with E-state index in [1.54, 1.807) is 6.07 Å². The van der Waals surface area contributed by atoms with Crippen molar-refractivity contribution in [1.29, 1.82) is 0 Å². The molecule has 1 unspecified atom stereocenters. The minimum Gasteiger partial charge on any atom is -0.488 e. The summed E-state index contributed by atoms with van der Waals surface area (Å²) in [4.78, 5) is 30.9. The molecule has 0 saturated carbocycles. The topological polar surface area (TPSA) is 106 Å². The van der Waals surface area contributed by atoms with E-state index in [4.69, 9.17) is 10.5 Å². The van der Waals surface area contributed by atoms with Gasteiger partial charge < -0.3 is 15.6 Å². The van der Waals surface area contributed by atoms with Gasteiger partial charge in [-0.3, -0.25) is 9.69 Å². The van der Waals surface area contributed by atoms with Crippen molar-refractivity contribution in [2.45, 2.75) is 45.4 Å². The molecular weight excluding hydrogens is 490 g/mol. The number of rotatable bonds is 9. The number of carboxylic acid groups (broad SMARTS) is 1. The van der Waals surface area contributed by atoms with E-state index < -0.39 is 17.7 Å². The number of amides is 1. The third-order valence-electron chi connectivity index (χ3n) is 6.51. The molecule has 200 valence electrons. The number of nitrogens with two attached hydrogens (primary N) is 1. The molecule has 0 aliphatic heterocycles. The number of nitrogen functional groups attached to an aromatic ring is 1. The van der Waals surface area contributed by atoms with Gasteiger partial charge in [0.25, 0.3) is 0 Å². The highest BCUT2D eigenvalue weighted by Gasteiger charge is 2.36. The fraction of sp³-hybridized carbons (Fsp3) is 0.219. The van der Waals surface area contributed by atoms with Crippen LogP contribution >= 0.6 is 0 Å². The van der Waals surface area contributed by atoms with E-state index in [2.05, 4.69) is 4.98 Å². The van der Waals surface area contributed by atoms with Crippen molar-refractivity contribution in [2.75, 3.05) is 5.73 Å². The van der Waals surface area contributed by atoms with Gasteiger partial charge in [0.2, 0.25) is 0 Å². The summed E-state index contributed by atoms with van der Waals surface area (Å²) in [5, 5.41) is 10.3. The summed E-state index contributed by atoms with van der Waals surface area (Å²) in [5.41, 5.74) is 9.39. The predicted octanol–water partition coefficient (Wildman–Crippen LogP) is 6.78. The number of anilines is 1. The molecule has 3 N–H and O–H groups in total. The maximum Gasteiger partial charge on any atom is 0.408 e. The van der Waals surface area contributed by atoms with Gasteiger partial charge in [0, 0.05) is 11.1 Å². The molecule has 0 fully saturated rings. The van der Waals surface area contributed by atoms with E-state index in [-0.39, 0.29) is 11.4 Å². The van der Waals surface area contributed by atoms with E-state index in [0.717, 1.165) is 11.1 Å². The molecule has 7 nitrogen and oxygen atoms in total. The number of aromatic nitrogens is 1. The van der Waals surface area contributed by atoms with Crippen molar-refractivity contribution in [3.05, 3.63) is 113 Å². The van der Waals surface area contributed by atoms with E-state index in [1.165, 1.54) is 4.90 Å². The molecule has 1 heterocycles. The summed E-state index contributed by atoms with van der Waals surface area (Å²) in [5.74, 6) is 0.635. The SMILES string of the molecule is CC(C)(C)N(C(=O)O)C(Cc1ccccc1)c1cc(-c2ccccc2OCc2ccccc2)nc(N)c1C=O. The highest BCUT2D eigenvalue weighted by atomic mass is 16.5. The van der Waals surface area contributed by atoms with Gasteiger partial charge in [-0.1, -0.05) is 72.8 Å². The number of para-hydroxylation sites is 1. The lowest BCUT2D eigenvalue weighted by atomic mass is 9.90. The lowest BCUT2D eigenvalue weighted by molar-refractivity contribution is 0.0691. The monoisotopic (exact) mass is 523 g/mol. The van der Waals surface area contributed by atoms with Gasteiger partial charge in [0.1, 0.15) is 18.2 Å². The van der Waals surface area contributed by atoms with Crippen LogP contribution in [0.1, 0.15) is 53.9 Å². The van der Waals surface area contributed by atoms with Crippen LogP contribution in [-0.2, 0) is 13.0 Å². The highest BCUT2D eigenvalue weighted by molar-refractivity contribution is 5.86. The van der Waals surface area contributed by atoms with Gasteiger partial charge in [-0.2, -0.15) is 0 Å². The molecule has 0 spiro atoms. The maximum atomic E-state index is 12.6. The van der Waals surface area contributed by atoms with Gasteiger partial charge in [0.15, 0.2) is 6.29 Å². The first kappa shape index (κ1) is 27.4. The minimum absolute atomic E-state index is 0.0349. The Labute approximate surface area is 228 Å². The van der Waals surface area contributed by atoms with Gasteiger partial charge in [-0.05, 0) is 62.1 Å². The molecule has 0 aliphatic carbocycles. The number of carbonyl (C=O) groups excluding carboxylic acids is 1. The Morgan fingerprint density at radius 1 is 0.974 bits per heavy atom. The Hall–Kier alpha value is -4.65. The van der Waals surface area contributed by atoms with E-state index in [0.29, 0.717) is 41.9 Å². The van der Waals surface area contributed by atoms with Crippen molar-refractivity contribution in [3.8, 4) is 17.0 Å². The lowest BCUT2D eigenvalue weighted by Gasteiger charge is -2.40.